The van der Waals surface area contributed by atoms with E-state index in [9.17, 15) is 0 Å². The zero-order valence-electron chi connectivity index (χ0n) is 29.5. The van der Waals surface area contributed by atoms with Crippen LogP contribution in [0.4, 0.5) is 0 Å². The van der Waals surface area contributed by atoms with Gasteiger partial charge in [0.15, 0.2) is 0 Å². The van der Waals surface area contributed by atoms with Gasteiger partial charge in [-0.1, -0.05) is 194 Å². The third-order valence-corrected chi connectivity index (χ3v) is 12.0. The zero-order chi connectivity index (χ0) is 35.3. The molecule has 0 N–H and O–H groups in total. The first-order valence-electron chi connectivity index (χ1n) is 18.9. The number of hydrogen-bond donors (Lipinski definition) is 0. The molecule has 0 saturated heterocycles. The van der Waals surface area contributed by atoms with Gasteiger partial charge in [-0.25, -0.2) is 0 Å². The van der Waals surface area contributed by atoms with E-state index in [0.29, 0.717) is 0 Å². The van der Waals surface area contributed by atoms with Gasteiger partial charge in [-0.2, -0.15) is 0 Å². The van der Waals surface area contributed by atoms with Gasteiger partial charge in [-0.3, -0.25) is 0 Å². The topological polar surface area (TPSA) is 0 Å². The number of fused-ring (bicyclic) bond motifs is 6. The van der Waals surface area contributed by atoms with Crippen LogP contribution >= 0.6 is 0 Å². The Kier molecular flexibility index (Phi) is 6.15. The van der Waals surface area contributed by atoms with E-state index in [1.54, 1.807) is 0 Å². The summed E-state index contributed by atoms with van der Waals surface area (Å²) in [6.07, 6.45) is 0. The highest BCUT2D eigenvalue weighted by molar-refractivity contribution is 6.39. The Morgan fingerprint density at radius 3 is 1.02 bits per heavy atom. The van der Waals surface area contributed by atoms with Gasteiger partial charge in [0, 0.05) is 0 Å². The lowest BCUT2D eigenvalue weighted by Gasteiger charge is -2.21. The van der Waals surface area contributed by atoms with Crippen molar-refractivity contribution in [3.63, 3.8) is 0 Å². The average molecular weight is 681 g/mol. The van der Waals surface area contributed by atoms with Crippen LogP contribution in [0.3, 0.4) is 0 Å². The maximum Gasteiger partial charge on any atom is -0.000740 e. The number of benzene rings is 11. The minimum atomic E-state index is 1.23. The van der Waals surface area contributed by atoms with Crippen LogP contribution in [0.1, 0.15) is 0 Å². The van der Waals surface area contributed by atoms with Crippen molar-refractivity contribution in [3.05, 3.63) is 194 Å². The highest BCUT2D eigenvalue weighted by Crippen LogP contribution is 2.59. The van der Waals surface area contributed by atoms with E-state index in [1.807, 2.05) is 0 Å². The summed E-state index contributed by atoms with van der Waals surface area (Å²) in [6, 6.07) is 72.1. The molecule has 12 rings (SSSR count). The van der Waals surface area contributed by atoms with Crippen molar-refractivity contribution < 1.29 is 0 Å². The average Bonchev–Trinajstić information content (AvgIpc) is 3.58. The van der Waals surface area contributed by atoms with E-state index in [0.717, 1.165) is 0 Å². The molecule has 0 heteroatoms. The van der Waals surface area contributed by atoms with Crippen molar-refractivity contribution >= 4 is 53.9 Å². The molecule has 248 valence electrons. The van der Waals surface area contributed by atoms with E-state index >= 15 is 0 Å². The molecule has 0 fully saturated rings. The standard InChI is InChI=1S/C54H32/c1-3-11-33(12-4-1)35-21-25-38(26-22-35)49-42-17-7-8-18-43(42)50(39-27-23-36(24-28-39)34-13-5-2-6-14-34)54-47-32-30-45-41-20-10-16-37-15-9-19-40(48(37)41)44-29-31-46(53(49)54)52(47)51(44)45/h1-32H. The summed E-state index contributed by atoms with van der Waals surface area (Å²) in [5.41, 5.74) is 15.3. The predicted octanol–water partition coefficient (Wildman–Crippen LogP) is 15.2. The highest BCUT2D eigenvalue weighted by Gasteiger charge is 2.32. The molecular formula is C54H32. The van der Waals surface area contributed by atoms with Crippen LogP contribution in [0, 0.1) is 0 Å². The fourth-order valence-corrected chi connectivity index (χ4v) is 9.65. The Morgan fingerprint density at radius 2 is 0.556 bits per heavy atom. The Labute approximate surface area is 313 Å². The van der Waals surface area contributed by atoms with E-state index < -0.39 is 0 Å². The molecular weight excluding hydrogens is 649 g/mol. The van der Waals surface area contributed by atoms with Gasteiger partial charge >= 0.3 is 0 Å². The normalized spacial score (nSPS) is 12.1. The molecule has 11 aromatic carbocycles. The molecule has 0 spiro atoms. The van der Waals surface area contributed by atoms with Gasteiger partial charge in [-0.05, 0) is 121 Å². The van der Waals surface area contributed by atoms with Gasteiger partial charge in [0.25, 0.3) is 0 Å². The van der Waals surface area contributed by atoms with E-state index in [-0.39, 0.29) is 0 Å². The smallest absolute Gasteiger partial charge is 0.000740 e. The van der Waals surface area contributed by atoms with Gasteiger partial charge in [-0.15, -0.1) is 0 Å². The molecule has 0 unspecified atom stereocenters. The second-order valence-corrected chi connectivity index (χ2v) is 14.7. The third kappa shape index (κ3) is 4.08. The molecule has 0 aromatic heterocycles. The minimum Gasteiger partial charge on any atom is -0.0622 e. The number of hydrogen-bond acceptors (Lipinski definition) is 0. The van der Waals surface area contributed by atoms with Crippen molar-refractivity contribution in [1.29, 1.82) is 0 Å². The first-order chi connectivity index (χ1) is 26.8. The molecule has 0 heterocycles. The van der Waals surface area contributed by atoms with Crippen LogP contribution in [0.15, 0.2) is 194 Å². The fourth-order valence-electron chi connectivity index (χ4n) is 9.65. The summed E-state index contributed by atoms with van der Waals surface area (Å²) in [5.74, 6) is 0. The SMILES string of the molecule is c1ccc(-c2ccc(-c3c4c(c(-c5ccc(-c6ccccc6)cc5)c5ccccc35)-c3ccc5c6cccc7cccc(c8ccc-4c3c85)c76)cc2)cc1. The van der Waals surface area contributed by atoms with Gasteiger partial charge in [0.05, 0.1) is 0 Å². The molecule has 0 amide bonds. The number of rotatable bonds is 4. The minimum absolute atomic E-state index is 1.23. The second-order valence-electron chi connectivity index (χ2n) is 14.7. The van der Waals surface area contributed by atoms with E-state index in [4.69, 9.17) is 0 Å². The van der Waals surface area contributed by atoms with Crippen LogP contribution in [0.2, 0.25) is 0 Å². The zero-order valence-corrected chi connectivity index (χ0v) is 29.5. The monoisotopic (exact) mass is 680 g/mol. The lowest BCUT2D eigenvalue weighted by atomic mass is 9.82. The largest absolute Gasteiger partial charge is 0.0622 e. The molecule has 0 bridgehead atoms. The van der Waals surface area contributed by atoms with Crippen LogP contribution < -0.4 is 0 Å². The summed E-state index contributed by atoms with van der Waals surface area (Å²) < 4.78 is 0. The van der Waals surface area contributed by atoms with Crippen molar-refractivity contribution in [2.75, 3.05) is 0 Å². The molecule has 11 aromatic rings. The van der Waals surface area contributed by atoms with Crippen molar-refractivity contribution in [2.24, 2.45) is 0 Å². The third-order valence-electron chi connectivity index (χ3n) is 12.0. The van der Waals surface area contributed by atoms with Crippen LogP contribution in [-0.4, -0.2) is 0 Å². The first kappa shape index (κ1) is 29.5. The maximum absolute atomic E-state index is 2.42. The summed E-state index contributed by atoms with van der Waals surface area (Å²) in [5, 5.41) is 13.3. The molecule has 54 heavy (non-hydrogen) atoms. The molecule has 0 radical (unpaired) electrons. The fraction of sp³-hybridized carbons (Fsp3) is 0. The summed E-state index contributed by atoms with van der Waals surface area (Å²) >= 11 is 0. The molecule has 1 aliphatic carbocycles. The maximum atomic E-state index is 2.42. The van der Waals surface area contributed by atoms with Gasteiger partial charge in [0.2, 0.25) is 0 Å². The molecule has 0 aliphatic heterocycles. The second kappa shape index (κ2) is 11.2. The lowest BCUT2D eigenvalue weighted by Crippen LogP contribution is -1.94. The molecule has 1 aliphatic rings. The predicted molar refractivity (Wildman–Crippen MR) is 231 cm³/mol. The summed E-state index contributed by atoms with van der Waals surface area (Å²) in [6.45, 7) is 0. The van der Waals surface area contributed by atoms with Crippen molar-refractivity contribution in [1.82, 2.24) is 0 Å². The highest BCUT2D eigenvalue weighted by atomic mass is 14.3. The molecule has 0 nitrogen and oxygen atoms in total. The Morgan fingerprint density at radius 1 is 0.185 bits per heavy atom. The van der Waals surface area contributed by atoms with Crippen molar-refractivity contribution in [2.45, 2.75) is 0 Å². The summed E-state index contributed by atoms with van der Waals surface area (Å²) in [7, 11) is 0. The quantitative estimate of drug-likeness (QED) is 0.128. The van der Waals surface area contributed by atoms with E-state index in [1.165, 1.54) is 121 Å². The Hall–Kier alpha value is -7.02. The van der Waals surface area contributed by atoms with Crippen LogP contribution in [0.5, 0.6) is 0 Å². The lowest BCUT2D eigenvalue weighted by molar-refractivity contribution is 1.59. The van der Waals surface area contributed by atoms with Crippen LogP contribution in [0.25, 0.3) is 121 Å². The Bertz CT molecular complexity index is 3050. The van der Waals surface area contributed by atoms with E-state index in [2.05, 4.69) is 194 Å². The van der Waals surface area contributed by atoms with Crippen molar-refractivity contribution in [3.8, 4) is 66.8 Å². The summed E-state index contributed by atoms with van der Waals surface area (Å²) in [4.78, 5) is 0. The van der Waals surface area contributed by atoms with Gasteiger partial charge < -0.3 is 0 Å². The molecule has 0 saturated carbocycles. The Balaban J connectivity index is 1.20. The first-order valence-corrected chi connectivity index (χ1v) is 18.9. The van der Waals surface area contributed by atoms with Crippen LogP contribution in [-0.2, 0) is 0 Å². The van der Waals surface area contributed by atoms with Gasteiger partial charge in [0.1, 0.15) is 0 Å². The molecule has 0 atom stereocenters.